The van der Waals surface area contributed by atoms with Crippen molar-refractivity contribution in [3.8, 4) is 5.75 Å². The number of ether oxygens (including phenoxy) is 1. The van der Waals surface area contributed by atoms with Gasteiger partial charge in [0.25, 0.3) is 0 Å². The molecule has 2 heterocycles. The van der Waals surface area contributed by atoms with Crippen LogP contribution in [-0.4, -0.2) is 50.3 Å². The average molecular weight is 483 g/mol. The van der Waals surface area contributed by atoms with Crippen LogP contribution in [-0.2, 0) is 21.2 Å². The molecule has 0 saturated heterocycles. The van der Waals surface area contributed by atoms with Crippen molar-refractivity contribution < 1.29 is 17.9 Å². The Kier molecular flexibility index (Phi) is 6.97. The lowest BCUT2D eigenvalue weighted by Gasteiger charge is -2.37. The normalized spacial score (nSPS) is 15.8. The van der Waals surface area contributed by atoms with E-state index < -0.39 is 10.0 Å². The smallest absolute Gasteiger partial charge is 0.243 e. The summed E-state index contributed by atoms with van der Waals surface area (Å²) in [5, 5.41) is 2.05. The SMILES string of the molecule is C=CCN(CC(=O)N1CCc2sccc2C1c1ccccc1)S(=O)(=O)c1ccc(OC)cc1. The topological polar surface area (TPSA) is 66.9 Å². The van der Waals surface area contributed by atoms with Crippen molar-refractivity contribution in [3.05, 3.63) is 94.7 Å². The summed E-state index contributed by atoms with van der Waals surface area (Å²) >= 11 is 1.70. The van der Waals surface area contributed by atoms with Crippen molar-refractivity contribution >= 4 is 27.3 Å². The molecule has 0 fully saturated rings. The first-order valence-electron chi connectivity index (χ1n) is 10.6. The van der Waals surface area contributed by atoms with Crippen LogP contribution in [0.4, 0.5) is 0 Å². The zero-order chi connectivity index (χ0) is 23.4. The molecule has 4 rings (SSSR count). The highest BCUT2D eigenvalue weighted by atomic mass is 32.2. The Morgan fingerprint density at radius 3 is 2.58 bits per heavy atom. The van der Waals surface area contributed by atoms with Crippen LogP contribution in [0.5, 0.6) is 5.75 Å². The lowest BCUT2D eigenvalue weighted by atomic mass is 9.93. The Hall–Kier alpha value is -2.94. The van der Waals surface area contributed by atoms with Crippen LogP contribution < -0.4 is 4.74 Å². The van der Waals surface area contributed by atoms with Crippen LogP contribution >= 0.6 is 11.3 Å². The molecule has 33 heavy (non-hydrogen) atoms. The second kappa shape index (κ2) is 9.91. The number of methoxy groups -OCH3 is 1. The molecule has 1 aliphatic heterocycles. The highest BCUT2D eigenvalue weighted by molar-refractivity contribution is 7.89. The van der Waals surface area contributed by atoms with Gasteiger partial charge in [0.15, 0.2) is 0 Å². The summed E-state index contributed by atoms with van der Waals surface area (Å²) in [4.78, 5) is 16.7. The van der Waals surface area contributed by atoms with Crippen LogP contribution in [0.1, 0.15) is 22.0 Å². The molecule has 0 radical (unpaired) electrons. The van der Waals surface area contributed by atoms with Crippen molar-refractivity contribution in [3.63, 3.8) is 0 Å². The summed E-state index contributed by atoms with van der Waals surface area (Å²) in [5.41, 5.74) is 2.12. The van der Waals surface area contributed by atoms with Gasteiger partial charge in [-0.15, -0.1) is 17.9 Å². The van der Waals surface area contributed by atoms with Crippen molar-refractivity contribution in [2.45, 2.75) is 17.4 Å². The number of sulfonamides is 1. The third-order valence-electron chi connectivity index (χ3n) is 5.74. The van der Waals surface area contributed by atoms with E-state index in [1.807, 2.05) is 35.7 Å². The van der Waals surface area contributed by atoms with Crippen LogP contribution in [0.3, 0.4) is 0 Å². The number of hydrogen-bond donors (Lipinski definition) is 0. The molecule has 172 valence electrons. The minimum Gasteiger partial charge on any atom is -0.497 e. The van der Waals surface area contributed by atoms with Crippen molar-refractivity contribution in [2.75, 3.05) is 26.7 Å². The van der Waals surface area contributed by atoms with Crippen LogP contribution in [0.2, 0.25) is 0 Å². The number of carbonyl (C=O) groups is 1. The Morgan fingerprint density at radius 1 is 1.18 bits per heavy atom. The maximum atomic E-state index is 13.5. The van der Waals surface area contributed by atoms with E-state index in [1.54, 1.807) is 28.4 Å². The molecule has 0 aliphatic carbocycles. The zero-order valence-electron chi connectivity index (χ0n) is 18.4. The highest BCUT2D eigenvalue weighted by Crippen LogP contribution is 2.38. The monoisotopic (exact) mass is 482 g/mol. The third-order valence-corrected chi connectivity index (χ3v) is 8.57. The van der Waals surface area contributed by atoms with E-state index in [-0.39, 0.29) is 29.9 Å². The Morgan fingerprint density at radius 2 is 1.91 bits per heavy atom. The molecular weight excluding hydrogens is 456 g/mol. The van der Waals surface area contributed by atoms with E-state index in [0.29, 0.717) is 12.3 Å². The summed E-state index contributed by atoms with van der Waals surface area (Å²) in [5.74, 6) is 0.325. The minimum atomic E-state index is -3.89. The molecule has 1 aromatic heterocycles. The highest BCUT2D eigenvalue weighted by Gasteiger charge is 2.35. The van der Waals surface area contributed by atoms with Gasteiger partial charge < -0.3 is 9.64 Å². The summed E-state index contributed by atoms with van der Waals surface area (Å²) in [6.07, 6.45) is 2.25. The van der Waals surface area contributed by atoms with Gasteiger partial charge in [0.1, 0.15) is 5.75 Å². The Balaban J connectivity index is 1.63. The molecular formula is C25H26N2O4S2. The maximum Gasteiger partial charge on any atom is 0.243 e. The largest absolute Gasteiger partial charge is 0.497 e. The first kappa shape index (κ1) is 23.2. The number of nitrogens with zero attached hydrogens (tertiary/aromatic N) is 2. The molecule has 1 unspecified atom stereocenters. The van der Waals surface area contributed by atoms with Gasteiger partial charge in [-0.1, -0.05) is 36.4 Å². The minimum absolute atomic E-state index is 0.0354. The number of benzene rings is 2. The van der Waals surface area contributed by atoms with Gasteiger partial charge in [-0.05, 0) is 53.3 Å². The van der Waals surface area contributed by atoms with E-state index in [4.69, 9.17) is 4.74 Å². The first-order chi connectivity index (χ1) is 16.0. The number of amides is 1. The standard InChI is InChI=1S/C25H26N2O4S2/c1-3-15-26(33(29,30)21-11-9-20(31-2)10-12-21)18-24(28)27-16-13-23-22(14-17-32-23)25(27)19-7-5-4-6-8-19/h3-12,14,17,25H,1,13,15-16,18H2,2H3. The van der Waals surface area contributed by atoms with E-state index in [1.165, 1.54) is 34.5 Å². The molecule has 1 aliphatic rings. The van der Waals surface area contributed by atoms with Gasteiger partial charge in [0.2, 0.25) is 15.9 Å². The fourth-order valence-electron chi connectivity index (χ4n) is 4.11. The van der Waals surface area contributed by atoms with Gasteiger partial charge >= 0.3 is 0 Å². The number of thiophene rings is 1. The van der Waals surface area contributed by atoms with Crippen LogP contribution in [0, 0.1) is 0 Å². The quantitative estimate of drug-likeness (QED) is 0.453. The maximum absolute atomic E-state index is 13.5. The van der Waals surface area contributed by atoms with E-state index in [2.05, 4.69) is 12.6 Å². The molecule has 3 aromatic rings. The lowest BCUT2D eigenvalue weighted by Crippen LogP contribution is -2.46. The van der Waals surface area contributed by atoms with Gasteiger partial charge in [-0.3, -0.25) is 4.79 Å². The molecule has 8 heteroatoms. The molecule has 0 spiro atoms. The van der Waals surface area contributed by atoms with E-state index >= 15 is 0 Å². The van der Waals surface area contributed by atoms with Gasteiger partial charge in [-0.2, -0.15) is 4.31 Å². The van der Waals surface area contributed by atoms with Gasteiger partial charge in [-0.25, -0.2) is 8.42 Å². The summed E-state index contributed by atoms with van der Waals surface area (Å²) in [6.45, 7) is 4.00. The summed E-state index contributed by atoms with van der Waals surface area (Å²) < 4.78 is 32.9. The van der Waals surface area contributed by atoms with Gasteiger partial charge in [0.05, 0.1) is 24.6 Å². The molecule has 1 amide bonds. The fraction of sp³-hybridized carbons (Fsp3) is 0.240. The van der Waals surface area contributed by atoms with Crippen molar-refractivity contribution in [2.24, 2.45) is 0 Å². The third kappa shape index (κ3) is 4.73. The molecule has 6 nitrogen and oxygen atoms in total. The number of hydrogen-bond acceptors (Lipinski definition) is 5. The first-order valence-corrected chi connectivity index (χ1v) is 12.9. The molecule has 0 N–H and O–H groups in total. The van der Waals surface area contributed by atoms with Crippen molar-refractivity contribution in [1.82, 2.24) is 9.21 Å². The second-order valence-electron chi connectivity index (χ2n) is 7.71. The summed E-state index contributed by atoms with van der Waals surface area (Å²) in [7, 11) is -2.37. The predicted molar refractivity (Wildman–Crippen MR) is 130 cm³/mol. The Bertz CT molecular complexity index is 1220. The predicted octanol–water partition coefficient (Wildman–Crippen LogP) is 4.11. The lowest BCUT2D eigenvalue weighted by molar-refractivity contribution is -0.133. The molecule has 0 saturated carbocycles. The molecule has 2 aromatic carbocycles. The molecule has 1 atom stereocenters. The number of carbonyl (C=O) groups excluding carboxylic acids is 1. The van der Waals surface area contributed by atoms with Crippen LogP contribution in [0.15, 0.2) is 83.6 Å². The number of fused-ring (bicyclic) bond motifs is 1. The fourth-order valence-corrected chi connectivity index (χ4v) is 6.37. The Labute approximate surface area is 198 Å². The molecule has 0 bridgehead atoms. The summed E-state index contributed by atoms with van der Waals surface area (Å²) in [6, 6.07) is 17.9. The average Bonchev–Trinajstić information content (AvgIpc) is 3.32. The van der Waals surface area contributed by atoms with Crippen molar-refractivity contribution in [1.29, 1.82) is 0 Å². The second-order valence-corrected chi connectivity index (χ2v) is 10.6. The van der Waals surface area contributed by atoms with Gasteiger partial charge in [0, 0.05) is 18.0 Å². The van der Waals surface area contributed by atoms with E-state index in [0.717, 1.165) is 17.5 Å². The number of rotatable bonds is 8. The van der Waals surface area contributed by atoms with E-state index in [9.17, 15) is 13.2 Å². The van der Waals surface area contributed by atoms with Crippen LogP contribution in [0.25, 0.3) is 0 Å². The zero-order valence-corrected chi connectivity index (χ0v) is 20.0.